The van der Waals surface area contributed by atoms with Crippen molar-refractivity contribution < 1.29 is 0 Å². The molecule has 0 bridgehead atoms. The van der Waals surface area contributed by atoms with Crippen LogP contribution in [0.4, 0.5) is 17.1 Å². The zero-order valence-electron chi connectivity index (χ0n) is 36.6. The third-order valence-electron chi connectivity index (χ3n) is 14.2. The van der Waals surface area contributed by atoms with Crippen molar-refractivity contribution >= 4 is 17.1 Å². The van der Waals surface area contributed by atoms with E-state index in [-0.39, 0.29) is 5.41 Å². The molecule has 308 valence electrons. The van der Waals surface area contributed by atoms with Crippen LogP contribution in [0.2, 0.25) is 0 Å². The molecule has 0 radical (unpaired) electrons. The molecular formula is C64H47N. The molecule has 0 fully saturated rings. The number of hydrogen-bond acceptors (Lipinski definition) is 1. The summed E-state index contributed by atoms with van der Waals surface area (Å²) in [4.78, 5) is 2.58. The highest BCUT2D eigenvalue weighted by Gasteiger charge is 2.47. The van der Waals surface area contributed by atoms with Gasteiger partial charge in [0.15, 0.2) is 0 Å². The van der Waals surface area contributed by atoms with E-state index in [1.807, 2.05) is 0 Å². The fraction of sp³-hybridized carbons (Fsp3) is 0.0625. The number of nitrogens with zero attached hydrogens (tertiary/aromatic N) is 1. The summed E-state index contributed by atoms with van der Waals surface area (Å²) in [6.07, 6.45) is 0. The highest BCUT2D eigenvalue weighted by Crippen LogP contribution is 2.61. The standard InChI is InChI=1S/C64H47N/c1-63(2)55-35-17-15-32-52(55)53-41-40-50(43-58(53)63)65(59-38-20-34-51(45-24-9-4-10-25-45)61(59)47-27-19-26-46(42-47)44-22-7-3-8-23-44)60-39-21-37-57-62(60)54-33-16-18-36-56(54)64(57,48-28-11-5-12-29-48)49-30-13-6-14-31-49/h3-43H,1-2H3. The Morgan fingerprint density at radius 1 is 0.292 bits per heavy atom. The Bertz CT molecular complexity index is 3350. The summed E-state index contributed by atoms with van der Waals surface area (Å²) in [5.41, 5.74) is 22.6. The van der Waals surface area contributed by atoms with Gasteiger partial charge >= 0.3 is 0 Å². The summed E-state index contributed by atoms with van der Waals surface area (Å²) in [6.45, 7) is 4.76. The van der Waals surface area contributed by atoms with E-state index in [9.17, 15) is 0 Å². The summed E-state index contributed by atoms with van der Waals surface area (Å²) in [5.74, 6) is 0. The van der Waals surface area contributed by atoms with Gasteiger partial charge in [0.2, 0.25) is 0 Å². The van der Waals surface area contributed by atoms with Crippen LogP contribution in [0.5, 0.6) is 0 Å². The molecule has 0 unspecified atom stereocenters. The molecule has 0 heterocycles. The molecule has 10 aromatic rings. The minimum Gasteiger partial charge on any atom is -0.309 e. The van der Waals surface area contributed by atoms with Crippen LogP contribution in [0, 0.1) is 0 Å². The first kappa shape index (κ1) is 38.7. The van der Waals surface area contributed by atoms with Gasteiger partial charge < -0.3 is 4.90 Å². The average Bonchev–Trinajstić information content (AvgIpc) is 3.81. The SMILES string of the molecule is CC1(C)c2ccccc2-c2ccc(N(c3cccc(-c4ccccc4)c3-c3cccc(-c4ccccc4)c3)c3cccc4c3-c3ccccc3C4(c3ccccc3)c3ccccc3)cc21. The Balaban J connectivity index is 1.20. The molecule has 0 saturated heterocycles. The Hall–Kier alpha value is -8.00. The van der Waals surface area contributed by atoms with Gasteiger partial charge in [-0.25, -0.2) is 0 Å². The van der Waals surface area contributed by atoms with Crippen LogP contribution in [-0.2, 0) is 10.8 Å². The minimum absolute atomic E-state index is 0.187. The smallest absolute Gasteiger partial charge is 0.0714 e. The molecular weight excluding hydrogens is 783 g/mol. The molecule has 1 heteroatoms. The van der Waals surface area contributed by atoms with Gasteiger partial charge in [-0.3, -0.25) is 0 Å². The summed E-state index contributed by atoms with van der Waals surface area (Å²) < 4.78 is 0. The lowest BCUT2D eigenvalue weighted by molar-refractivity contribution is 0.660. The quantitative estimate of drug-likeness (QED) is 0.147. The Kier molecular flexibility index (Phi) is 9.14. The van der Waals surface area contributed by atoms with Gasteiger partial charge in [-0.2, -0.15) is 0 Å². The largest absolute Gasteiger partial charge is 0.309 e. The molecule has 2 aliphatic carbocycles. The number of benzene rings is 10. The van der Waals surface area contributed by atoms with Crippen LogP contribution < -0.4 is 4.90 Å². The second-order valence-corrected chi connectivity index (χ2v) is 18.0. The van der Waals surface area contributed by atoms with E-state index in [4.69, 9.17) is 0 Å². The summed E-state index contributed by atoms with van der Waals surface area (Å²) in [7, 11) is 0. The molecule has 0 saturated carbocycles. The molecule has 1 nitrogen and oxygen atoms in total. The Labute approximate surface area is 382 Å². The van der Waals surface area contributed by atoms with Crippen molar-refractivity contribution in [3.05, 3.63) is 282 Å². The van der Waals surface area contributed by atoms with Gasteiger partial charge in [-0.15, -0.1) is 0 Å². The first-order valence-electron chi connectivity index (χ1n) is 22.8. The fourth-order valence-corrected chi connectivity index (χ4v) is 11.3. The Morgan fingerprint density at radius 3 is 1.46 bits per heavy atom. The predicted octanol–water partition coefficient (Wildman–Crippen LogP) is 16.8. The molecule has 12 rings (SSSR count). The van der Waals surface area contributed by atoms with E-state index >= 15 is 0 Å². The first-order chi connectivity index (χ1) is 32.0. The Morgan fingerprint density at radius 2 is 0.769 bits per heavy atom. The van der Waals surface area contributed by atoms with E-state index in [0.717, 1.165) is 22.6 Å². The normalized spacial score (nSPS) is 13.6. The molecule has 65 heavy (non-hydrogen) atoms. The molecule has 0 spiro atoms. The second-order valence-electron chi connectivity index (χ2n) is 18.0. The van der Waals surface area contributed by atoms with Crippen LogP contribution >= 0.6 is 0 Å². The van der Waals surface area contributed by atoms with Gasteiger partial charge in [0.25, 0.3) is 0 Å². The van der Waals surface area contributed by atoms with Crippen LogP contribution in [-0.4, -0.2) is 0 Å². The fourth-order valence-electron chi connectivity index (χ4n) is 11.3. The van der Waals surface area contributed by atoms with Crippen molar-refractivity contribution in [1.29, 1.82) is 0 Å². The van der Waals surface area contributed by atoms with Gasteiger partial charge in [0.05, 0.1) is 16.8 Å². The second kappa shape index (κ2) is 15.4. The van der Waals surface area contributed by atoms with Gasteiger partial charge in [0, 0.05) is 22.2 Å². The summed E-state index contributed by atoms with van der Waals surface area (Å²) in [6, 6.07) is 92.2. The molecule has 0 atom stereocenters. The lowest BCUT2D eigenvalue weighted by atomic mass is 9.68. The topological polar surface area (TPSA) is 3.24 Å². The predicted molar refractivity (Wildman–Crippen MR) is 272 cm³/mol. The maximum atomic E-state index is 2.58. The lowest BCUT2D eigenvalue weighted by Gasteiger charge is -2.35. The van der Waals surface area contributed by atoms with Crippen molar-refractivity contribution in [3.8, 4) is 55.6 Å². The maximum Gasteiger partial charge on any atom is 0.0714 e. The van der Waals surface area contributed by atoms with Crippen molar-refractivity contribution in [1.82, 2.24) is 0 Å². The van der Waals surface area contributed by atoms with E-state index < -0.39 is 5.41 Å². The van der Waals surface area contributed by atoms with Gasteiger partial charge in [-0.1, -0.05) is 232 Å². The number of hydrogen-bond donors (Lipinski definition) is 0. The zero-order valence-corrected chi connectivity index (χ0v) is 36.6. The average molecular weight is 830 g/mol. The van der Waals surface area contributed by atoms with Crippen molar-refractivity contribution in [2.45, 2.75) is 24.7 Å². The van der Waals surface area contributed by atoms with E-state index in [1.165, 1.54) is 83.5 Å². The lowest BCUT2D eigenvalue weighted by Crippen LogP contribution is -2.28. The van der Waals surface area contributed by atoms with Crippen LogP contribution in [0.15, 0.2) is 249 Å². The van der Waals surface area contributed by atoms with Crippen molar-refractivity contribution in [3.63, 3.8) is 0 Å². The summed E-state index contributed by atoms with van der Waals surface area (Å²) in [5, 5.41) is 0. The third-order valence-corrected chi connectivity index (χ3v) is 14.2. The van der Waals surface area contributed by atoms with Crippen molar-refractivity contribution in [2.75, 3.05) is 4.90 Å². The first-order valence-corrected chi connectivity index (χ1v) is 22.8. The molecule has 0 aromatic heterocycles. The maximum absolute atomic E-state index is 2.58. The number of anilines is 3. The zero-order chi connectivity index (χ0) is 43.5. The van der Waals surface area contributed by atoms with Gasteiger partial charge in [0.1, 0.15) is 0 Å². The third kappa shape index (κ3) is 6.00. The molecule has 2 aliphatic rings. The molecule has 0 N–H and O–H groups in total. The number of fused-ring (bicyclic) bond motifs is 6. The highest BCUT2D eigenvalue weighted by molar-refractivity contribution is 6.03. The van der Waals surface area contributed by atoms with Gasteiger partial charge in [-0.05, 0) is 108 Å². The van der Waals surface area contributed by atoms with E-state index in [0.29, 0.717) is 0 Å². The van der Waals surface area contributed by atoms with Crippen LogP contribution in [0.1, 0.15) is 47.2 Å². The molecule has 0 aliphatic heterocycles. The summed E-state index contributed by atoms with van der Waals surface area (Å²) >= 11 is 0. The minimum atomic E-state index is -0.545. The number of rotatable bonds is 8. The molecule has 0 amide bonds. The van der Waals surface area contributed by atoms with E-state index in [2.05, 4.69) is 267 Å². The van der Waals surface area contributed by atoms with Crippen LogP contribution in [0.3, 0.4) is 0 Å². The van der Waals surface area contributed by atoms with Crippen LogP contribution in [0.25, 0.3) is 55.6 Å². The monoisotopic (exact) mass is 829 g/mol. The van der Waals surface area contributed by atoms with E-state index in [1.54, 1.807) is 0 Å². The highest BCUT2D eigenvalue weighted by atomic mass is 15.1. The van der Waals surface area contributed by atoms with Crippen molar-refractivity contribution in [2.24, 2.45) is 0 Å². The molecule has 10 aromatic carbocycles.